The zero-order chi connectivity index (χ0) is 20.8. The van der Waals surface area contributed by atoms with Crippen LogP contribution in [-0.4, -0.2) is 38.2 Å². The number of hydrogen-bond acceptors (Lipinski definition) is 6. The van der Waals surface area contributed by atoms with Gasteiger partial charge >= 0.3 is 5.97 Å². The fourth-order valence-electron chi connectivity index (χ4n) is 2.72. The first kappa shape index (κ1) is 20.5. The van der Waals surface area contributed by atoms with Crippen LogP contribution in [0.1, 0.15) is 24.1 Å². The van der Waals surface area contributed by atoms with Gasteiger partial charge in [0, 0.05) is 17.1 Å². The van der Waals surface area contributed by atoms with E-state index in [0.29, 0.717) is 17.1 Å². The summed E-state index contributed by atoms with van der Waals surface area (Å²) in [5.41, 5.74) is 2.21. The largest absolute Gasteiger partial charge is 0.451 e. The molecule has 2 atom stereocenters. The van der Waals surface area contributed by atoms with E-state index in [1.807, 2.05) is 30.3 Å². The molecule has 0 aliphatic carbocycles. The summed E-state index contributed by atoms with van der Waals surface area (Å²) < 4.78 is 6.73. The molecular weight excluding hydrogens is 394 g/mol. The predicted octanol–water partition coefficient (Wildman–Crippen LogP) is 2.99. The first-order valence-corrected chi connectivity index (χ1v) is 9.36. The monoisotopic (exact) mass is 413 g/mol. The number of anilines is 1. The Morgan fingerprint density at radius 1 is 1.17 bits per heavy atom. The highest BCUT2D eigenvalue weighted by Crippen LogP contribution is 2.23. The van der Waals surface area contributed by atoms with Crippen molar-refractivity contribution in [2.75, 3.05) is 5.32 Å². The Kier molecular flexibility index (Phi) is 6.56. The van der Waals surface area contributed by atoms with Crippen LogP contribution in [0.3, 0.4) is 0 Å². The van der Waals surface area contributed by atoms with Crippen molar-refractivity contribution in [3.05, 3.63) is 71.0 Å². The van der Waals surface area contributed by atoms with Gasteiger partial charge in [-0.1, -0.05) is 48.0 Å². The van der Waals surface area contributed by atoms with Crippen molar-refractivity contribution in [2.45, 2.75) is 32.4 Å². The van der Waals surface area contributed by atoms with Gasteiger partial charge in [-0.15, -0.1) is 5.10 Å². The Balaban J connectivity index is 1.69. The van der Waals surface area contributed by atoms with Crippen molar-refractivity contribution in [2.24, 2.45) is 0 Å². The van der Waals surface area contributed by atoms with Crippen LogP contribution in [0.25, 0.3) is 0 Å². The van der Waals surface area contributed by atoms with E-state index in [1.165, 1.54) is 17.9 Å². The molecule has 0 radical (unpaired) electrons. The maximum absolute atomic E-state index is 12.8. The Bertz CT molecular complexity index is 979. The van der Waals surface area contributed by atoms with Crippen LogP contribution >= 0.6 is 11.6 Å². The van der Waals surface area contributed by atoms with Gasteiger partial charge in [-0.2, -0.15) is 0 Å². The van der Waals surface area contributed by atoms with Crippen LogP contribution < -0.4 is 5.32 Å². The number of aromatic nitrogens is 4. The van der Waals surface area contributed by atoms with Gasteiger partial charge < -0.3 is 10.1 Å². The maximum atomic E-state index is 12.8. The number of ether oxygens (including phenoxy) is 1. The van der Waals surface area contributed by atoms with E-state index in [2.05, 4.69) is 20.8 Å². The van der Waals surface area contributed by atoms with E-state index in [1.54, 1.807) is 25.1 Å². The Hall–Kier alpha value is -3.26. The lowest BCUT2D eigenvalue weighted by Gasteiger charge is -2.19. The number of benzene rings is 2. The smallest absolute Gasteiger partial charge is 0.332 e. The first-order chi connectivity index (χ1) is 14.0. The highest BCUT2D eigenvalue weighted by Gasteiger charge is 2.28. The van der Waals surface area contributed by atoms with Crippen molar-refractivity contribution in [1.29, 1.82) is 0 Å². The number of carbonyl (C=O) groups excluding carboxylic acids is 2. The number of halogens is 1. The standard InChI is InChI=1S/C20H20ClN5O3/c1-13-16(21)9-6-10-17(13)23-19(27)14(2)29-20(28)18(26-12-22-24-25-26)11-15-7-4-3-5-8-15/h3-10,12,14,18H,11H2,1-2H3,(H,23,27)/t14-,18+/m0/s1. The number of esters is 1. The second kappa shape index (κ2) is 9.29. The normalized spacial score (nSPS) is 12.8. The SMILES string of the molecule is Cc1c(Cl)cccc1NC(=O)[C@H](C)OC(=O)[C@@H](Cc1ccccc1)n1cnnn1. The van der Waals surface area contributed by atoms with Crippen LogP contribution in [0.5, 0.6) is 0 Å². The van der Waals surface area contributed by atoms with E-state index in [0.717, 1.165) is 11.1 Å². The average molecular weight is 414 g/mol. The number of tetrazole rings is 1. The van der Waals surface area contributed by atoms with E-state index in [-0.39, 0.29) is 0 Å². The van der Waals surface area contributed by atoms with Crippen LogP contribution in [0.4, 0.5) is 5.69 Å². The van der Waals surface area contributed by atoms with Gasteiger partial charge in [-0.25, -0.2) is 9.48 Å². The molecule has 0 aliphatic rings. The van der Waals surface area contributed by atoms with Crippen LogP contribution in [-0.2, 0) is 20.7 Å². The predicted molar refractivity (Wildman–Crippen MR) is 107 cm³/mol. The third-order valence-corrected chi connectivity index (χ3v) is 4.83. The molecule has 0 aliphatic heterocycles. The number of hydrogen-bond donors (Lipinski definition) is 1. The van der Waals surface area contributed by atoms with Gasteiger partial charge in [0.2, 0.25) is 0 Å². The van der Waals surface area contributed by atoms with Crippen LogP contribution in [0.15, 0.2) is 54.9 Å². The van der Waals surface area contributed by atoms with Crippen molar-refractivity contribution in [3.8, 4) is 0 Å². The number of nitrogens with zero attached hydrogens (tertiary/aromatic N) is 4. The molecule has 9 heteroatoms. The van der Waals surface area contributed by atoms with Crippen LogP contribution in [0.2, 0.25) is 5.02 Å². The average Bonchev–Trinajstić information content (AvgIpc) is 3.24. The number of amides is 1. The summed E-state index contributed by atoms with van der Waals surface area (Å²) in [7, 11) is 0. The van der Waals surface area contributed by atoms with Crippen molar-refractivity contribution in [1.82, 2.24) is 20.2 Å². The molecule has 0 spiro atoms. The van der Waals surface area contributed by atoms with E-state index >= 15 is 0 Å². The summed E-state index contributed by atoms with van der Waals surface area (Å²) in [5, 5.41) is 14.3. The molecule has 29 heavy (non-hydrogen) atoms. The van der Waals surface area contributed by atoms with Crippen molar-refractivity contribution in [3.63, 3.8) is 0 Å². The van der Waals surface area contributed by atoms with Gasteiger partial charge in [-0.3, -0.25) is 4.79 Å². The van der Waals surface area contributed by atoms with Crippen molar-refractivity contribution < 1.29 is 14.3 Å². The quantitative estimate of drug-likeness (QED) is 0.598. The van der Waals surface area contributed by atoms with Gasteiger partial charge in [0.1, 0.15) is 6.33 Å². The molecule has 0 saturated heterocycles. The van der Waals surface area contributed by atoms with Crippen molar-refractivity contribution >= 4 is 29.2 Å². The second-order valence-electron chi connectivity index (χ2n) is 6.48. The highest BCUT2D eigenvalue weighted by atomic mass is 35.5. The highest BCUT2D eigenvalue weighted by molar-refractivity contribution is 6.31. The Labute approximate surface area is 172 Å². The molecule has 1 aromatic heterocycles. The minimum absolute atomic E-state index is 0.326. The molecule has 1 amide bonds. The number of nitrogens with one attached hydrogen (secondary N) is 1. The molecule has 0 unspecified atom stereocenters. The Morgan fingerprint density at radius 2 is 1.93 bits per heavy atom. The second-order valence-corrected chi connectivity index (χ2v) is 6.88. The number of carbonyl (C=O) groups is 2. The summed E-state index contributed by atoms with van der Waals surface area (Å²) in [6.45, 7) is 3.30. The minimum Gasteiger partial charge on any atom is -0.451 e. The Morgan fingerprint density at radius 3 is 2.62 bits per heavy atom. The molecule has 2 aromatic carbocycles. The van der Waals surface area contributed by atoms with Gasteiger partial charge in [0.15, 0.2) is 12.1 Å². The van der Waals surface area contributed by atoms with E-state index in [9.17, 15) is 9.59 Å². The molecule has 3 rings (SSSR count). The summed E-state index contributed by atoms with van der Waals surface area (Å²) in [4.78, 5) is 25.3. The third-order valence-electron chi connectivity index (χ3n) is 4.42. The summed E-state index contributed by atoms with van der Waals surface area (Å²) in [6.07, 6.45) is 0.650. The van der Waals surface area contributed by atoms with Crippen LogP contribution in [0, 0.1) is 6.92 Å². The molecule has 1 N–H and O–H groups in total. The van der Waals surface area contributed by atoms with E-state index in [4.69, 9.17) is 16.3 Å². The third kappa shape index (κ3) is 5.17. The van der Waals surface area contributed by atoms with Gasteiger partial charge in [0.25, 0.3) is 5.91 Å². The first-order valence-electron chi connectivity index (χ1n) is 8.98. The van der Waals surface area contributed by atoms with E-state index < -0.39 is 24.0 Å². The molecule has 8 nitrogen and oxygen atoms in total. The molecule has 150 valence electrons. The molecule has 0 bridgehead atoms. The molecule has 0 saturated carbocycles. The zero-order valence-electron chi connectivity index (χ0n) is 15.9. The molecule has 0 fully saturated rings. The number of rotatable bonds is 7. The molecule has 3 aromatic rings. The fraction of sp³-hybridized carbons (Fsp3) is 0.250. The molecular formula is C20H20ClN5O3. The molecule has 1 heterocycles. The lowest BCUT2D eigenvalue weighted by Crippen LogP contribution is -2.34. The lowest BCUT2D eigenvalue weighted by atomic mass is 10.1. The summed E-state index contributed by atoms with van der Waals surface area (Å²) in [5.74, 6) is -1.06. The topological polar surface area (TPSA) is 99.0 Å². The van der Waals surface area contributed by atoms with Gasteiger partial charge in [-0.05, 0) is 47.5 Å². The summed E-state index contributed by atoms with van der Waals surface area (Å²) >= 11 is 6.08. The minimum atomic E-state index is -1.02. The summed E-state index contributed by atoms with van der Waals surface area (Å²) in [6, 6.07) is 13.8. The lowest BCUT2D eigenvalue weighted by molar-refractivity contribution is -0.156. The van der Waals surface area contributed by atoms with Gasteiger partial charge in [0.05, 0.1) is 0 Å². The fourth-order valence-corrected chi connectivity index (χ4v) is 2.89. The zero-order valence-corrected chi connectivity index (χ0v) is 16.7. The maximum Gasteiger partial charge on any atom is 0.332 e.